The fourth-order valence-electron chi connectivity index (χ4n) is 2.45. The summed E-state index contributed by atoms with van der Waals surface area (Å²) < 4.78 is 5.70. The molecular formula is C19H27FeNOSe+2. The van der Waals surface area contributed by atoms with Crippen molar-refractivity contribution in [1.82, 2.24) is 4.90 Å². The smallest absolute Gasteiger partial charge is 0.0312 e. The first-order valence-corrected chi connectivity index (χ1v) is 10.1. The molecule has 0 unspecified atom stereocenters. The maximum absolute atomic E-state index is 5.70. The molecule has 126 valence electrons. The molecule has 1 heterocycles. The van der Waals surface area contributed by atoms with Crippen LogP contribution in [0.5, 0.6) is 0 Å². The molecule has 2 saturated carbocycles. The summed E-state index contributed by atoms with van der Waals surface area (Å²) in [5, 5.41) is 1.24. The Morgan fingerprint density at radius 3 is 2.30 bits per heavy atom. The Hall–Kier alpha value is 0.959. The molecule has 0 spiro atoms. The van der Waals surface area contributed by atoms with Crippen LogP contribution in [0, 0.1) is 62.1 Å². The van der Waals surface area contributed by atoms with Crippen LogP contribution >= 0.6 is 0 Å². The first-order chi connectivity index (χ1) is 10.7. The standard InChI is InChI=1S/C14H22NOSe.C5H5.Fe/c1-11(15(2)3)13-7-4-8-14(13)17-10-12-6-5-9-16-12;1-2-4-5-3-1;/h4,7-8,11-12H,5-6,9-10H2,1-3H3;1-5H;/q;;+2/t11-,12-;;/m0../s1. The minimum Gasteiger partial charge on any atom is -0.0312 e. The van der Waals surface area contributed by atoms with Gasteiger partial charge in [-0.05, 0) is 32.1 Å². The summed E-state index contributed by atoms with van der Waals surface area (Å²) in [5.41, 5.74) is 0. The predicted molar refractivity (Wildman–Crippen MR) is 93.6 cm³/mol. The van der Waals surface area contributed by atoms with Crippen molar-refractivity contribution < 1.29 is 21.8 Å². The Kier molecular flexibility index (Phi) is 11.8. The number of rotatable bonds is 5. The van der Waals surface area contributed by atoms with Crippen LogP contribution in [-0.4, -0.2) is 52.7 Å². The maximum Gasteiger partial charge on any atom is 2.00 e. The second-order valence-corrected chi connectivity index (χ2v) is 8.12. The molecule has 1 saturated heterocycles. The van der Waals surface area contributed by atoms with Crippen molar-refractivity contribution >= 4 is 15.0 Å². The van der Waals surface area contributed by atoms with Crippen molar-refractivity contribution in [2.24, 2.45) is 0 Å². The minimum absolute atomic E-state index is 0. The zero-order valence-electron chi connectivity index (χ0n) is 14.2. The molecule has 3 aliphatic rings. The summed E-state index contributed by atoms with van der Waals surface area (Å²) in [6.45, 7) is 3.25. The van der Waals surface area contributed by atoms with Gasteiger partial charge in [0, 0.05) is 0 Å². The predicted octanol–water partition coefficient (Wildman–Crippen LogP) is 2.99. The van der Waals surface area contributed by atoms with E-state index in [1.807, 2.05) is 32.1 Å². The van der Waals surface area contributed by atoms with Gasteiger partial charge >= 0.3 is 130 Å². The topological polar surface area (TPSA) is 12.5 Å². The second-order valence-electron chi connectivity index (χ2n) is 5.89. The molecule has 2 aliphatic carbocycles. The molecule has 23 heavy (non-hydrogen) atoms. The van der Waals surface area contributed by atoms with E-state index in [1.165, 1.54) is 24.1 Å². The van der Waals surface area contributed by atoms with Gasteiger partial charge in [0.15, 0.2) is 0 Å². The molecule has 0 amide bonds. The van der Waals surface area contributed by atoms with Gasteiger partial charge in [0.25, 0.3) is 0 Å². The number of nitrogens with zero attached hydrogens (tertiary/aromatic N) is 1. The Morgan fingerprint density at radius 1 is 1.13 bits per heavy atom. The van der Waals surface area contributed by atoms with Gasteiger partial charge in [-0.1, -0.05) is 0 Å². The summed E-state index contributed by atoms with van der Waals surface area (Å²) in [7, 11) is 4.29. The van der Waals surface area contributed by atoms with Crippen LogP contribution in [-0.2, 0) is 21.8 Å². The van der Waals surface area contributed by atoms with E-state index in [-0.39, 0.29) is 17.1 Å². The van der Waals surface area contributed by atoms with Crippen LogP contribution < -0.4 is 0 Å². The van der Waals surface area contributed by atoms with E-state index in [1.54, 1.807) is 4.82 Å². The summed E-state index contributed by atoms with van der Waals surface area (Å²) in [4.78, 5) is 3.84. The monoisotopic (exact) mass is 421 g/mol. The molecule has 3 fully saturated rings. The molecule has 0 N–H and O–H groups in total. The SMILES string of the molecule is C[C@@H]([C]1[CH][CH][CH][C]1[Se]C[C@@H]1CCCO1)N(C)C.[CH]1[CH][CH][CH][CH]1.[Fe+2]. The summed E-state index contributed by atoms with van der Waals surface area (Å²) in [6.07, 6.45) is 19.8. The summed E-state index contributed by atoms with van der Waals surface area (Å²) >= 11 is 0.568. The fraction of sp³-hybridized carbons (Fsp3) is 0.474. The summed E-state index contributed by atoms with van der Waals surface area (Å²) in [5.74, 6) is 1.51. The van der Waals surface area contributed by atoms with Crippen molar-refractivity contribution in [1.29, 1.82) is 0 Å². The number of hydrogen-bond donors (Lipinski definition) is 0. The molecule has 3 rings (SSSR count). The van der Waals surface area contributed by atoms with Crippen LogP contribution in [0.2, 0.25) is 5.32 Å². The average Bonchev–Trinajstić information content (AvgIpc) is 3.27. The second kappa shape index (κ2) is 12.3. The molecule has 1 aliphatic heterocycles. The van der Waals surface area contributed by atoms with Crippen molar-refractivity contribution in [3.63, 3.8) is 0 Å². The zero-order chi connectivity index (χ0) is 15.8. The van der Waals surface area contributed by atoms with Gasteiger partial charge in [-0.25, -0.2) is 0 Å². The van der Waals surface area contributed by atoms with Gasteiger partial charge in [0.05, 0.1) is 0 Å². The molecule has 0 aromatic heterocycles. The molecule has 0 aromatic carbocycles. The van der Waals surface area contributed by atoms with Crippen LogP contribution in [0.4, 0.5) is 0 Å². The van der Waals surface area contributed by atoms with Gasteiger partial charge in [0.1, 0.15) is 0 Å². The zero-order valence-corrected chi connectivity index (χ0v) is 17.0. The number of hydrogen-bond acceptors (Lipinski definition) is 2. The maximum atomic E-state index is 5.70. The van der Waals surface area contributed by atoms with E-state index in [4.69, 9.17) is 4.74 Å². The number of ether oxygens (including phenoxy) is 1. The van der Waals surface area contributed by atoms with Crippen molar-refractivity contribution in [3.8, 4) is 0 Å². The van der Waals surface area contributed by atoms with Crippen LogP contribution in [0.3, 0.4) is 0 Å². The van der Waals surface area contributed by atoms with E-state index in [2.05, 4.69) is 45.2 Å². The third-order valence-corrected chi connectivity index (χ3v) is 6.60. The van der Waals surface area contributed by atoms with Gasteiger partial charge in [-0.3, -0.25) is 0 Å². The van der Waals surface area contributed by atoms with Crippen molar-refractivity contribution in [3.05, 3.63) is 62.1 Å². The average molecular weight is 420 g/mol. The largest absolute Gasteiger partial charge is 2.00 e. The van der Waals surface area contributed by atoms with E-state index in [0.717, 1.165) is 6.61 Å². The van der Waals surface area contributed by atoms with E-state index in [9.17, 15) is 0 Å². The summed E-state index contributed by atoms with van der Waals surface area (Å²) in [6, 6.07) is 0.520. The molecule has 2 nitrogen and oxygen atoms in total. The van der Waals surface area contributed by atoms with E-state index in [0.29, 0.717) is 27.1 Å². The third-order valence-electron chi connectivity index (χ3n) is 4.04. The Balaban J connectivity index is 0.000000377. The minimum atomic E-state index is 0. The first-order valence-electron chi connectivity index (χ1n) is 8.01. The van der Waals surface area contributed by atoms with Crippen LogP contribution in [0.25, 0.3) is 0 Å². The van der Waals surface area contributed by atoms with E-state index < -0.39 is 0 Å². The molecule has 2 atom stereocenters. The Bertz CT molecular complexity index is 285. The fourth-order valence-corrected chi connectivity index (χ4v) is 4.99. The van der Waals surface area contributed by atoms with E-state index >= 15 is 0 Å². The normalized spacial score (nSPS) is 26.9. The van der Waals surface area contributed by atoms with Gasteiger partial charge in [-0.15, -0.1) is 0 Å². The molecular weight excluding hydrogens is 393 g/mol. The van der Waals surface area contributed by atoms with Gasteiger partial charge in [0.2, 0.25) is 0 Å². The quantitative estimate of drug-likeness (QED) is 0.635. The molecule has 0 bridgehead atoms. The van der Waals surface area contributed by atoms with Crippen LogP contribution in [0.15, 0.2) is 0 Å². The van der Waals surface area contributed by atoms with Gasteiger partial charge in [-0.2, -0.15) is 0 Å². The Labute approximate surface area is 161 Å². The molecule has 0 aromatic rings. The molecule has 4 heteroatoms. The first kappa shape index (κ1) is 22.0. The van der Waals surface area contributed by atoms with Crippen molar-refractivity contribution in [2.45, 2.75) is 37.2 Å². The van der Waals surface area contributed by atoms with Crippen molar-refractivity contribution in [2.75, 3.05) is 20.7 Å². The van der Waals surface area contributed by atoms with Crippen LogP contribution in [0.1, 0.15) is 19.8 Å². The molecule has 10 radical (unpaired) electrons. The Morgan fingerprint density at radius 2 is 1.78 bits per heavy atom. The third kappa shape index (κ3) is 7.80. The van der Waals surface area contributed by atoms with Gasteiger partial charge < -0.3 is 0 Å².